The Morgan fingerprint density at radius 1 is 1.16 bits per heavy atom. The van der Waals surface area contributed by atoms with Crippen LogP contribution in [0.3, 0.4) is 0 Å². The van der Waals surface area contributed by atoms with Gasteiger partial charge in [-0.25, -0.2) is 4.68 Å². The molecule has 0 saturated carbocycles. The fourth-order valence-electron chi connectivity index (χ4n) is 5.29. The summed E-state index contributed by atoms with van der Waals surface area (Å²) in [7, 11) is 0. The standard InChI is InChI=1S/C29H36N6O2/c1-4-27(28-31-32-33-35(28)19-25-11-8-14-37-25)34(13-12-22-9-6-5-7-10-22)18-24-17-23-15-20(2)21(3)16-26(23)30-29(24)36/h5-7,9-10,15-17,25,27H,4,8,11-14,18-19H2,1-3H3,(H,30,36)/t25-,27-/m0/s1. The minimum atomic E-state index is -0.0470. The zero-order valence-electron chi connectivity index (χ0n) is 22.0. The van der Waals surface area contributed by atoms with Crippen molar-refractivity contribution in [2.75, 3.05) is 13.2 Å². The number of tetrazole rings is 1. The molecule has 0 unspecified atom stereocenters. The maximum Gasteiger partial charge on any atom is 0.252 e. The Morgan fingerprint density at radius 3 is 2.73 bits per heavy atom. The molecule has 0 amide bonds. The number of benzene rings is 2. The van der Waals surface area contributed by atoms with Gasteiger partial charge in [-0.15, -0.1) is 5.10 Å². The zero-order chi connectivity index (χ0) is 25.8. The first kappa shape index (κ1) is 25.3. The van der Waals surface area contributed by atoms with Gasteiger partial charge in [0.05, 0.1) is 18.7 Å². The van der Waals surface area contributed by atoms with E-state index in [1.165, 1.54) is 16.7 Å². The topological polar surface area (TPSA) is 88.9 Å². The number of nitrogens with zero attached hydrogens (tertiary/aromatic N) is 5. The molecule has 5 rings (SSSR count). The number of hydrogen-bond donors (Lipinski definition) is 1. The SMILES string of the molecule is CC[C@@H](c1nnnn1C[C@@H]1CCCO1)N(CCc1ccccc1)Cc1cc2cc(C)c(C)cc2[nH]c1=O. The summed E-state index contributed by atoms with van der Waals surface area (Å²) in [5, 5.41) is 13.9. The summed E-state index contributed by atoms with van der Waals surface area (Å²) in [5.74, 6) is 0.828. The second-order valence-corrected chi connectivity index (χ2v) is 10.1. The van der Waals surface area contributed by atoms with Crippen LogP contribution in [0.25, 0.3) is 10.9 Å². The van der Waals surface area contributed by atoms with Crippen LogP contribution < -0.4 is 5.56 Å². The third-order valence-corrected chi connectivity index (χ3v) is 7.53. The van der Waals surface area contributed by atoms with Gasteiger partial charge in [0.2, 0.25) is 0 Å². The summed E-state index contributed by atoms with van der Waals surface area (Å²) in [4.78, 5) is 18.7. The molecule has 2 aromatic heterocycles. The largest absolute Gasteiger partial charge is 0.376 e. The second kappa shape index (κ2) is 11.4. The first-order chi connectivity index (χ1) is 18.0. The first-order valence-electron chi connectivity index (χ1n) is 13.3. The van der Waals surface area contributed by atoms with Crippen molar-refractivity contribution in [3.8, 4) is 0 Å². The lowest BCUT2D eigenvalue weighted by Gasteiger charge is -2.30. The number of aryl methyl sites for hydroxylation is 2. The summed E-state index contributed by atoms with van der Waals surface area (Å²) >= 11 is 0. The summed E-state index contributed by atoms with van der Waals surface area (Å²) in [5.41, 5.74) is 5.23. The van der Waals surface area contributed by atoms with Crippen molar-refractivity contribution >= 4 is 10.9 Å². The molecule has 0 radical (unpaired) electrons. The van der Waals surface area contributed by atoms with Crippen molar-refractivity contribution in [1.29, 1.82) is 0 Å². The Hall–Kier alpha value is -3.36. The van der Waals surface area contributed by atoms with Gasteiger partial charge in [-0.3, -0.25) is 9.69 Å². The number of H-pyrrole nitrogens is 1. The third kappa shape index (κ3) is 5.81. The highest BCUT2D eigenvalue weighted by molar-refractivity contribution is 5.80. The van der Waals surface area contributed by atoms with Crippen LogP contribution >= 0.6 is 0 Å². The molecule has 1 aliphatic rings. The predicted molar refractivity (Wildman–Crippen MR) is 144 cm³/mol. The smallest absolute Gasteiger partial charge is 0.252 e. The van der Waals surface area contributed by atoms with Gasteiger partial charge in [-0.2, -0.15) is 0 Å². The molecule has 1 N–H and O–H groups in total. The van der Waals surface area contributed by atoms with Crippen molar-refractivity contribution in [1.82, 2.24) is 30.1 Å². The molecule has 0 spiro atoms. The highest BCUT2D eigenvalue weighted by Crippen LogP contribution is 2.26. The average Bonchev–Trinajstić information content (AvgIpc) is 3.58. The highest BCUT2D eigenvalue weighted by Gasteiger charge is 2.27. The Bertz CT molecular complexity index is 1390. The molecule has 1 fully saturated rings. The van der Waals surface area contributed by atoms with Gasteiger partial charge < -0.3 is 9.72 Å². The summed E-state index contributed by atoms with van der Waals surface area (Å²) in [6.07, 6.45) is 3.94. The predicted octanol–water partition coefficient (Wildman–Crippen LogP) is 4.51. The summed E-state index contributed by atoms with van der Waals surface area (Å²) in [6, 6.07) is 16.7. The van der Waals surface area contributed by atoms with Crippen LogP contribution in [0.15, 0.2) is 53.3 Å². The van der Waals surface area contributed by atoms with Crippen LogP contribution in [-0.2, 0) is 24.2 Å². The van der Waals surface area contributed by atoms with E-state index >= 15 is 0 Å². The van der Waals surface area contributed by atoms with Crippen LogP contribution in [0.5, 0.6) is 0 Å². The number of aromatic amines is 1. The second-order valence-electron chi connectivity index (χ2n) is 10.1. The lowest BCUT2D eigenvalue weighted by molar-refractivity contribution is 0.0893. The van der Waals surface area contributed by atoms with Crippen LogP contribution in [0.1, 0.15) is 60.3 Å². The van der Waals surface area contributed by atoms with Crippen molar-refractivity contribution in [2.24, 2.45) is 0 Å². The van der Waals surface area contributed by atoms with E-state index in [9.17, 15) is 4.79 Å². The van der Waals surface area contributed by atoms with Crippen molar-refractivity contribution in [3.63, 3.8) is 0 Å². The van der Waals surface area contributed by atoms with Gasteiger partial charge >= 0.3 is 0 Å². The normalized spacial score (nSPS) is 16.6. The van der Waals surface area contributed by atoms with Crippen molar-refractivity contribution < 1.29 is 4.74 Å². The molecule has 0 bridgehead atoms. The van der Waals surface area contributed by atoms with E-state index in [2.05, 4.69) is 82.6 Å². The molecule has 8 heteroatoms. The first-order valence-corrected chi connectivity index (χ1v) is 13.3. The maximum absolute atomic E-state index is 13.2. The molecule has 4 aromatic rings. The van der Waals surface area contributed by atoms with Crippen molar-refractivity contribution in [2.45, 2.75) is 71.7 Å². The maximum atomic E-state index is 13.2. The molecule has 1 saturated heterocycles. The van der Waals surface area contributed by atoms with E-state index in [4.69, 9.17) is 4.74 Å². The van der Waals surface area contributed by atoms with E-state index in [1.807, 2.05) is 16.8 Å². The molecule has 37 heavy (non-hydrogen) atoms. The Morgan fingerprint density at radius 2 is 1.97 bits per heavy atom. The number of aromatic nitrogens is 5. The van der Waals surface area contributed by atoms with Crippen LogP contribution in [0, 0.1) is 13.8 Å². The number of nitrogens with one attached hydrogen (secondary N) is 1. The molecule has 3 heterocycles. The highest BCUT2D eigenvalue weighted by atomic mass is 16.5. The van der Waals surface area contributed by atoms with E-state index < -0.39 is 0 Å². The summed E-state index contributed by atoms with van der Waals surface area (Å²) < 4.78 is 7.75. The van der Waals surface area contributed by atoms with E-state index in [1.54, 1.807) is 0 Å². The third-order valence-electron chi connectivity index (χ3n) is 7.53. The lowest BCUT2D eigenvalue weighted by atomic mass is 10.0. The van der Waals surface area contributed by atoms with Gasteiger partial charge in [0, 0.05) is 30.8 Å². The monoisotopic (exact) mass is 500 g/mol. The lowest BCUT2D eigenvalue weighted by Crippen LogP contribution is -2.34. The molecule has 2 atom stereocenters. The fourth-order valence-corrected chi connectivity index (χ4v) is 5.29. The van der Waals surface area contributed by atoms with Gasteiger partial charge in [-0.05, 0) is 90.2 Å². The zero-order valence-corrected chi connectivity index (χ0v) is 22.0. The molecular formula is C29H36N6O2. The Labute approximate surface area is 217 Å². The van der Waals surface area contributed by atoms with Crippen LogP contribution in [-0.4, -0.2) is 49.3 Å². The van der Waals surface area contributed by atoms with Crippen molar-refractivity contribution in [3.05, 3.63) is 87.0 Å². The minimum absolute atomic E-state index is 0.0324. The number of pyridine rings is 1. The van der Waals surface area contributed by atoms with Crippen LogP contribution in [0.4, 0.5) is 0 Å². The molecule has 2 aromatic carbocycles. The van der Waals surface area contributed by atoms with Gasteiger partial charge in [0.15, 0.2) is 5.82 Å². The molecular weight excluding hydrogens is 464 g/mol. The summed E-state index contributed by atoms with van der Waals surface area (Å²) in [6.45, 7) is 9.07. The van der Waals surface area contributed by atoms with E-state index in [0.29, 0.717) is 13.1 Å². The van der Waals surface area contributed by atoms with E-state index in [0.717, 1.165) is 61.1 Å². The number of fused-ring (bicyclic) bond motifs is 1. The quantitative estimate of drug-likeness (QED) is 0.345. The van der Waals surface area contributed by atoms with Gasteiger partial charge in [-0.1, -0.05) is 37.3 Å². The van der Waals surface area contributed by atoms with Gasteiger partial charge in [0.1, 0.15) is 0 Å². The number of rotatable bonds is 10. The number of ether oxygens (including phenoxy) is 1. The van der Waals surface area contributed by atoms with E-state index in [-0.39, 0.29) is 17.7 Å². The number of hydrogen-bond acceptors (Lipinski definition) is 6. The average molecular weight is 501 g/mol. The minimum Gasteiger partial charge on any atom is -0.376 e. The molecule has 0 aliphatic carbocycles. The Balaban J connectivity index is 1.47. The molecule has 1 aliphatic heterocycles. The van der Waals surface area contributed by atoms with Gasteiger partial charge in [0.25, 0.3) is 5.56 Å². The fraction of sp³-hybridized carbons (Fsp3) is 0.448. The Kier molecular flexibility index (Phi) is 7.76. The van der Waals surface area contributed by atoms with Crippen LogP contribution in [0.2, 0.25) is 0 Å². The molecule has 8 nitrogen and oxygen atoms in total. The molecule has 194 valence electrons.